The molecule has 77 heavy (non-hydrogen) atoms. The lowest BCUT2D eigenvalue weighted by atomic mass is 9.89. The molecule has 384 valence electrons. The van der Waals surface area contributed by atoms with Gasteiger partial charge in [0, 0.05) is 40.0 Å². The number of aryl methyl sites for hydroxylation is 2. The van der Waals surface area contributed by atoms with E-state index in [4.69, 9.17) is 14.5 Å². The van der Waals surface area contributed by atoms with Crippen LogP contribution in [0.1, 0.15) is 123 Å². The van der Waals surface area contributed by atoms with Gasteiger partial charge in [0.1, 0.15) is 11.4 Å². The van der Waals surface area contributed by atoms with Gasteiger partial charge in [-0.15, -0.1) is 0 Å². The molecule has 1 aliphatic carbocycles. The Hall–Kier alpha value is -8.48. The standard InChI is InChI=1S/C71H69N5O/c1-10-23-50-25-13-12-14-28-55(50)54-31-21-33-64(49(54)9)75(70(72-11-2)53-27-17-15-24-47(53)7)66-43-61(45(3)4)48(8)36-38-58-63-42-52(66)37-39-57(63)62(46(5)6)44-67(58)76(71-56-29-18-16-26-51(56)40-41-73-74-71)65-34-22-32-60-59-30-19-20-35-68(59)77-69(60)65/h12-22,24,26-46,73H,10-11,23,25H2,1-9H3. The van der Waals surface area contributed by atoms with Gasteiger partial charge in [-0.2, -0.15) is 5.10 Å². The van der Waals surface area contributed by atoms with Gasteiger partial charge in [0.15, 0.2) is 11.4 Å². The topological polar surface area (TPSA) is 56.4 Å². The molecule has 2 bridgehead atoms. The minimum atomic E-state index is 0.176. The molecule has 1 N–H and O–H groups in total. The molecular formula is C71H69N5O. The van der Waals surface area contributed by atoms with Crippen molar-refractivity contribution < 1.29 is 4.42 Å². The van der Waals surface area contributed by atoms with Crippen molar-refractivity contribution >= 4 is 89.6 Å². The molecule has 8 aromatic carbocycles. The number of hydrogen-bond acceptors (Lipinski definition) is 5. The van der Waals surface area contributed by atoms with Gasteiger partial charge in [0.25, 0.3) is 0 Å². The van der Waals surface area contributed by atoms with Crippen LogP contribution < -0.4 is 15.2 Å². The van der Waals surface area contributed by atoms with Crippen LogP contribution in [0.2, 0.25) is 0 Å². The number of fused-ring (bicyclic) bond motifs is 5. The van der Waals surface area contributed by atoms with Gasteiger partial charge in [-0.3, -0.25) is 20.2 Å². The summed E-state index contributed by atoms with van der Waals surface area (Å²) < 4.78 is 6.94. The first-order valence-electron chi connectivity index (χ1n) is 27.6. The monoisotopic (exact) mass is 1010 g/mol. The number of benzene rings is 7. The molecular weight excluding hydrogens is 939 g/mol. The summed E-state index contributed by atoms with van der Waals surface area (Å²) >= 11 is 0. The fraction of sp³-hybridized carbons (Fsp3) is 0.211. The summed E-state index contributed by atoms with van der Waals surface area (Å²) in [5, 5.41) is 11.9. The number of aliphatic imine (C=N–C) groups is 1. The number of hydrazone groups is 1. The first kappa shape index (κ1) is 50.7. The van der Waals surface area contributed by atoms with E-state index in [1.54, 1.807) is 0 Å². The van der Waals surface area contributed by atoms with Crippen molar-refractivity contribution in [3.05, 3.63) is 238 Å². The second-order valence-corrected chi connectivity index (χ2v) is 21.2. The number of amidine groups is 2. The van der Waals surface area contributed by atoms with Crippen molar-refractivity contribution in [2.24, 2.45) is 10.1 Å². The van der Waals surface area contributed by atoms with Gasteiger partial charge in [-0.05, 0) is 156 Å². The third-order valence-corrected chi connectivity index (χ3v) is 15.6. The maximum atomic E-state index is 6.94. The summed E-state index contributed by atoms with van der Waals surface area (Å²) in [6.07, 6.45) is 16.1. The van der Waals surface area contributed by atoms with Crippen LogP contribution in [0.25, 0.3) is 55.1 Å². The van der Waals surface area contributed by atoms with Crippen molar-refractivity contribution in [2.45, 2.75) is 93.4 Å². The van der Waals surface area contributed by atoms with Crippen LogP contribution in [0.5, 0.6) is 0 Å². The van der Waals surface area contributed by atoms with Gasteiger partial charge >= 0.3 is 0 Å². The summed E-state index contributed by atoms with van der Waals surface area (Å²) in [6.45, 7) is 21.1. The Morgan fingerprint density at radius 2 is 1.35 bits per heavy atom. The SMILES string of the molecule is CCCC1=C(c2cccc(N(C(=NCC)c3ccccc3C)c3cc(C(C)C)c(C)ccc4c(N(C5=NNC=Cc6ccccc65)c5cccc6c5oc5ccccc56)cc(C(C)C)c5ccc3cc54)c2C)C=CC=CC1. The fourth-order valence-corrected chi connectivity index (χ4v) is 11.7. The van der Waals surface area contributed by atoms with Crippen LogP contribution in [0.4, 0.5) is 22.7 Å². The molecule has 0 spiro atoms. The van der Waals surface area contributed by atoms with Crippen LogP contribution in [-0.2, 0) is 0 Å². The van der Waals surface area contributed by atoms with E-state index in [1.165, 1.54) is 49.9 Å². The molecule has 0 saturated heterocycles. The summed E-state index contributed by atoms with van der Waals surface area (Å²) in [5.41, 5.74) is 22.2. The number of furan rings is 1. The highest BCUT2D eigenvalue weighted by Crippen LogP contribution is 2.47. The van der Waals surface area contributed by atoms with Gasteiger partial charge in [-0.25, -0.2) is 0 Å². The fourth-order valence-electron chi connectivity index (χ4n) is 11.7. The lowest BCUT2D eigenvalue weighted by molar-refractivity contribution is 0.669. The van der Waals surface area contributed by atoms with Crippen LogP contribution in [-0.4, -0.2) is 18.2 Å². The lowest BCUT2D eigenvalue weighted by Gasteiger charge is -2.32. The molecule has 9 aromatic rings. The van der Waals surface area contributed by atoms with E-state index < -0.39 is 0 Å². The van der Waals surface area contributed by atoms with E-state index >= 15 is 0 Å². The first-order valence-corrected chi connectivity index (χ1v) is 27.6. The average molecular weight is 1010 g/mol. The molecule has 0 unspecified atom stereocenters. The third kappa shape index (κ3) is 9.41. The highest BCUT2D eigenvalue weighted by molar-refractivity contribution is 6.25. The maximum Gasteiger partial charge on any atom is 0.165 e. The van der Waals surface area contributed by atoms with Crippen molar-refractivity contribution in [1.29, 1.82) is 0 Å². The van der Waals surface area contributed by atoms with Gasteiger partial charge in [0.05, 0.1) is 22.7 Å². The third-order valence-electron chi connectivity index (χ3n) is 15.6. The highest BCUT2D eigenvalue weighted by atomic mass is 16.3. The summed E-state index contributed by atoms with van der Waals surface area (Å²) in [4.78, 5) is 10.4. The summed E-state index contributed by atoms with van der Waals surface area (Å²) in [5.74, 6) is 2.04. The molecule has 2 heterocycles. The van der Waals surface area contributed by atoms with E-state index in [9.17, 15) is 0 Å². The molecule has 0 fully saturated rings. The van der Waals surface area contributed by atoms with Gasteiger partial charge in [-0.1, -0.05) is 186 Å². The summed E-state index contributed by atoms with van der Waals surface area (Å²) in [7, 11) is 0. The average Bonchev–Trinajstić information content (AvgIpc) is 3.59. The normalized spacial score (nSPS) is 13.6. The van der Waals surface area contributed by atoms with Gasteiger partial charge in [0.2, 0.25) is 0 Å². The Morgan fingerprint density at radius 1 is 0.623 bits per heavy atom. The lowest BCUT2D eigenvalue weighted by Crippen LogP contribution is -2.29. The second kappa shape index (κ2) is 21.6. The molecule has 11 rings (SSSR count). The zero-order valence-electron chi connectivity index (χ0n) is 46.1. The molecule has 2 aliphatic rings. The van der Waals surface area contributed by atoms with Crippen LogP contribution in [0.15, 0.2) is 202 Å². The minimum Gasteiger partial charge on any atom is -0.454 e. The van der Waals surface area contributed by atoms with Crippen LogP contribution in [0, 0.1) is 20.8 Å². The maximum absolute atomic E-state index is 6.94. The summed E-state index contributed by atoms with van der Waals surface area (Å²) in [6, 6.07) is 55.7. The van der Waals surface area contributed by atoms with Crippen LogP contribution >= 0.6 is 0 Å². The predicted octanol–water partition coefficient (Wildman–Crippen LogP) is 19.4. The number of nitrogens with one attached hydrogen (secondary N) is 1. The van der Waals surface area contributed by atoms with E-state index in [0.29, 0.717) is 6.54 Å². The van der Waals surface area contributed by atoms with Crippen molar-refractivity contribution in [3.63, 3.8) is 0 Å². The smallest absolute Gasteiger partial charge is 0.165 e. The molecule has 6 nitrogen and oxygen atoms in total. The predicted molar refractivity (Wildman–Crippen MR) is 330 cm³/mol. The molecule has 0 amide bonds. The first-order chi connectivity index (χ1) is 37.6. The second-order valence-electron chi connectivity index (χ2n) is 21.2. The number of nitrogens with zero attached hydrogens (tertiary/aromatic N) is 4. The van der Waals surface area contributed by atoms with Crippen molar-refractivity contribution in [1.82, 2.24) is 5.43 Å². The van der Waals surface area contributed by atoms with Crippen LogP contribution in [0.3, 0.4) is 0 Å². The Balaban J connectivity index is 1.28. The molecule has 0 saturated carbocycles. The molecule has 0 radical (unpaired) electrons. The molecule has 1 aliphatic heterocycles. The molecule has 1 aromatic heterocycles. The minimum absolute atomic E-state index is 0.176. The van der Waals surface area contributed by atoms with Crippen molar-refractivity contribution in [2.75, 3.05) is 16.3 Å². The number of rotatable bonds is 11. The van der Waals surface area contributed by atoms with E-state index in [0.717, 1.165) is 108 Å². The van der Waals surface area contributed by atoms with Gasteiger partial charge < -0.3 is 4.42 Å². The zero-order valence-corrected chi connectivity index (χ0v) is 46.1. The largest absolute Gasteiger partial charge is 0.454 e. The quantitative estimate of drug-likeness (QED) is 0.104. The van der Waals surface area contributed by atoms with E-state index in [-0.39, 0.29) is 11.8 Å². The molecule has 6 heteroatoms. The van der Waals surface area contributed by atoms with Crippen molar-refractivity contribution in [3.8, 4) is 0 Å². The Bertz CT molecular complexity index is 3990. The highest BCUT2D eigenvalue weighted by Gasteiger charge is 2.30. The number of para-hydroxylation sites is 2. The Morgan fingerprint density at radius 3 is 2.17 bits per heavy atom. The van der Waals surface area contributed by atoms with E-state index in [1.807, 2.05) is 12.3 Å². The molecule has 0 atom stereocenters. The van der Waals surface area contributed by atoms with E-state index in [2.05, 4.69) is 254 Å². The number of allylic oxidation sites excluding steroid dienone is 6. The Kier molecular flexibility index (Phi) is 14.2. The number of hydrogen-bond donors (Lipinski definition) is 1. The zero-order chi connectivity index (χ0) is 53.3. The number of anilines is 4. The Labute approximate surface area is 454 Å².